The van der Waals surface area contributed by atoms with E-state index in [1.165, 1.54) is 26.8 Å². The molecule has 0 unspecified atom stereocenters. The Hall–Kier alpha value is -1.34. The molecular formula is C19H26S. The molecule has 1 aromatic carbocycles. The van der Waals surface area contributed by atoms with Gasteiger partial charge in [-0.25, -0.2) is 0 Å². The standard InChI is InChI=1S/C17H20S.C2H6/c1-12-8-6-9-13(2)16(12)17-14(3)10-7-11-15(17)18(4)5;1-2/h6-11H,1H2,2-5H3;1-2H3/b17-16+;. The smallest absolute Gasteiger partial charge is 0.00550 e. The average molecular weight is 286 g/mol. The molecule has 1 aliphatic carbocycles. The summed E-state index contributed by atoms with van der Waals surface area (Å²) in [5.41, 5.74) is 4.03. The van der Waals surface area contributed by atoms with Gasteiger partial charge in [0, 0.05) is 4.86 Å². The second-order valence-corrected chi connectivity index (χ2v) is 6.95. The van der Waals surface area contributed by atoms with Crippen molar-refractivity contribution < 1.29 is 0 Å². The number of aryl methyl sites for hydroxylation is 1. The lowest BCUT2D eigenvalue weighted by atomic mass is 9.94. The highest BCUT2D eigenvalue weighted by Crippen LogP contribution is 2.23. The number of rotatable bonds is 0. The Kier molecular flexibility index (Phi) is 6.22. The van der Waals surface area contributed by atoms with Gasteiger partial charge in [-0.2, -0.15) is 10.5 Å². The highest BCUT2D eigenvalue weighted by molar-refractivity contribution is 8.15. The maximum Gasteiger partial charge on any atom is 0.00550 e. The van der Waals surface area contributed by atoms with Gasteiger partial charge >= 0.3 is 0 Å². The second kappa shape index (κ2) is 7.44. The fraction of sp³-hybridized carbons (Fsp3) is 0.316. The van der Waals surface area contributed by atoms with Crippen LogP contribution >= 0.6 is 10.5 Å². The van der Waals surface area contributed by atoms with Gasteiger partial charge in [0.05, 0.1) is 0 Å². The average Bonchev–Trinajstić information content (AvgIpc) is 2.42. The summed E-state index contributed by atoms with van der Waals surface area (Å²) in [6, 6.07) is 6.35. The summed E-state index contributed by atoms with van der Waals surface area (Å²) >= 11 is 0. The van der Waals surface area contributed by atoms with Crippen LogP contribution in [0.2, 0.25) is 0 Å². The topological polar surface area (TPSA) is 0 Å². The lowest BCUT2D eigenvalue weighted by molar-refractivity contribution is 1.35. The molecule has 0 aromatic heterocycles. The van der Waals surface area contributed by atoms with Crippen LogP contribution in [-0.2, 0) is 0 Å². The molecule has 0 saturated heterocycles. The summed E-state index contributed by atoms with van der Waals surface area (Å²) in [6.45, 7) is 12.6. The fourth-order valence-corrected chi connectivity index (χ4v) is 3.41. The Morgan fingerprint density at radius 1 is 1.05 bits per heavy atom. The summed E-state index contributed by atoms with van der Waals surface area (Å²) in [7, 11) is 0.254. The lowest BCUT2D eigenvalue weighted by Crippen LogP contribution is -2.31. The first-order valence-corrected chi connectivity index (χ1v) is 9.15. The minimum absolute atomic E-state index is 0.254. The third-order valence-electron chi connectivity index (χ3n) is 3.28. The molecule has 1 aromatic rings. The third kappa shape index (κ3) is 3.40. The van der Waals surface area contributed by atoms with Gasteiger partial charge < -0.3 is 0 Å². The van der Waals surface area contributed by atoms with Crippen molar-refractivity contribution in [2.45, 2.75) is 27.7 Å². The van der Waals surface area contributed by atoms with Gasteiger partial charge in [0.2, 0.25) is 0 Å². The van der Waals surface area contributed by atoms with Gasteiger partial charge in [0.15, 0.2) is 0 Å². The van der Waals surface area contributed by atoms with E-state index in [1.807, 2.05) is 13.8 Å². The molecular weight excluding hydrogens is 260 g/mol. The summed E-state index contributed by atoms with van der Waals surface area (Å²) in [6.07, 6.45) is 11.1. The predicted molar refractivity (Wildman–Crippen MR) is 98.1 cm³/mol. The Balaban J connectivity index is 0.000000956. The minimum Gasteiger partial charge on any atom is -0.184 e. The van der Waals surface area contributed by atoms with E-state index in [2.05, 4.69) is 69.4 Å². The monoisotopic (exact) mass is 286 g/mol. The fourth-order valence-electron chi connectivity index (χ4n) is 2.39. The SMILES string of the molecule is C=c1cccc(C)/c1=C1\C(C)=CC=CC1=S(C)C.CC. The van der Waals surface area contributed by atoms with Crippen molar-refractivity contribution in [3.05, 3.63) is 58.0 Å². The zero-order chi connectivity index (χ0) is 15.3. The molecule has 0 bridgehead atoms. The molecule has 0 saturated carbocycles. The normalized spacial score (nSPS) is 16.8. The Bertz CT molecular complexity index is 681. The molecule has 1 heteroatoms. The molecule has 0 heterocycles. The summed E-state index contributed by atoms with van der Waals surface area (Å²) in [5.74, 6) is 0. The van der Waals surface area contributed by atoms with E-state index in [-0.39, 0.29) is 10.5 Å². The van der Waals surface area contributed by atoms with E-state index in [4.69, 9.17) is 0 Å². The van der Waals surface area contributed by atoms with E-state index in [0.29, 0.717) is 0 Å². The molecule has 0 fully saturated rings. The van der Waals surface area contributed by atoms with Crippen LogP contribution < -0.4 is 10.4 Å². The first kappa shape index (κ1) is 16.7. The van der Waals surface area contributed by atoms with Crippen LogP contribution in [-0.4, -0.2) is 17.4 Å². The van der Waals surface area contributed by atoms with Gasteiger partial charge in [0.1, 0.15) is 0 Å². The van der Waals surface area contributed by atoms with Crippen LogP contribution in [0.5, 0.6) is 0 Å². The second-order valence-electron chi connectivity index (χ2n) is 4.87. The molecule has 0 spiro atoms. The first-order chi connectivity index (χ1) is 9.52. The van der Waals surface area contributed by atoms with Gasteiger partial charge in [-0.05, 0) is 59.6 Å². The van der Waals surface area contributed by atoms with E-state index < -0.39 is 0 Å². The summed E-state index contributed by atoms with van der Waals surface area (Å²) < 4.78 is 0. The number of benzene rings is 1. The van der Waals surface area contributed by atoms with E-state index in [9.17, 15) is 0 Å². The van der Waals surface area contributed by atoms with Crippen LogP contribution in [0.1, 0.15) is 26.3 Å². The zero-order valence-corrected chi connectivity index (χ0v) is 14.4. The largest absolute Gasteiger partial charge is 0.184 e. The predicted octanol–water partition coefficient (Wildman–Crippen LogP) is 3.80. The molecule has 1 aliphatic rings. The molecule has 0 radical (unpaired) electrons. The highest BCUT2D eigenvalue weighted by Gasteiger charge is 2.11. The molecule has 0 N–H and O–H groups in total. The molecule has 108 valence electrons. The van der Waals surface area contributed by atoms with Crippen molar-refractivity contribution in [3.63, 3.8) is 0 Å². The van der Waals surface area contributed by atoms with Crippen molar-refractivity contribution in [1.82, 2.24) is 0 Å². The Morgan fingerprint density at radius 3 is 2.25 bits per heavy atom. The van der Waals surface area contributed by atoms with Crippen molar-refractivity contribution in [1.29, 1.82) is 0 Å². The summed E-state index contributed by atoms with van der Waals surface area (Å²) in [5, 5.41) is 2.43. The molecule has 0 atom stereocenters. The molecule has 0 aliphatic heterocycles. The first-order valence-electron chi connectivity index (χ1n) is 7.11. The van der Waals surface area contributed by atoms with Gasteiger partial charge in [-0.15, -0.1) is 0 Å². The van der Waals surface area contributed by atoms with E-state index >= 15 is 0 Å². The van der Waals surface area contributed by atoms with E-state index in [1.54, 1.807) is 0 Å². The Morgan fingerprint density at radius 2 is 1.70 bits per heavy atom. The molecule has 0 nitrogen and oxygen atoms in total. The lowest BCUT2D eigenvalue weighted by Gasteiger charge is -2.17. The van der Waals surface area contributed by atoms with Gasteiger partial charge in [-0.1, -0.05) is 50.8 Å². The van der Waals surface area contributed by atoms with Crippen LogP contribution in [0, 0.1) is 6.92 Å². The molecule has 20 heavy (non-hydrogen) atoms. The zero-order valence-electron chi connectivity index (χ0n) is 13.6. The van der Waals surface area contributed by atoms with Crippen LogP contribution in [0.15, 0.2) is 42.0 Å². The van der Waals surface area contributed by atoms with E-state index in [0.717, 1.165) is 5.22 Å². The quantitative estimate of drug-likeness (QED) is 0.636. The van der Waals surface area contributed by atoms with Crippen molar-refractivity contribution in [2.75, 3.05) is 12.5 Å². The van der Waals surface area contributed by atoms with Crippen molar-refractivity contribution in [3.8, 4) is 0 Å². The number of allylic oxidation sites excluding steroid dienone is 4. The van der Waals surface area contributed by atoms with Crippen LogP contribution in [0.4, 0.5) is 0 Å². The maximum absolute atomic E-state index is 4.20. The van der Waals surface area contributed by atoms with Crippen LogP contribution in [0.3, 0.4) is 0 Å². The van der Waals surface area contributed by atoms with Gasteiger partial charge in [-0.3, -0.25) is 0 Å². The molecule has 0 amide bonds. The van der Waals surface area contributed by atoms with Gasteiger partial charge in [0.25, 0.3) is 0 Å². The third-order valence-corrected chi connectivity index (χ3v) is 4.50. The molecule has 2 rings (SSSR count). The van der Waals surface area contributed by atoms with Crippen molar-refractivity contribution >= 4 is 27.5 Å². The van der Waals surface area contributed by atoms with Crippen molar-refractivity contribution in [2.24, 2.45) is 0 Å². The minimum atomic E-state index is 0.254. The number of hydrogen-bond acceptors (Lipinski definition) is 0. The highest BCUT2D eigenvalue weighted by atomic mass is 32.2. The number of hydrogen-bond donors (Lipinski definition) is 0. The maximum atomic E-state index is 4.20. The Labute approximate surface area is 126 Å². The van der Waals surface area contributed by atoms with Crippen LogP contribution in [0.25, 0.3) is 12.2 Å². The summed E-state index contributed by atoms with van der Waals surface area (Å²) in [4.78, 5) is 1.44.